The van der Waals surface area contributed by atoms with Crippen molar-refractivity contribution in [2.75, 3.05) is 13.1 Å². The third kappa shape index (κ3) is 3.53. The molecule has 2 rings (SSSR count). The Kier molecular flexibility index (Phi) is 4.83. The standard InChI is InChI=1S/C15H18ClFN2O2/c1-3-4-18-9-14(20)19(10(2)15(18)21)8-11-5-12(16)7-13(17)6-11/h5-7,10H,3-4,8-9H2,1-2H3/t10-/m0/s1. The van der Waals surface area contributed by atoms with Gasteiger partial charge in [-0.25, -0.2) is 4.39 Å². The minimum Gasteiger partial charge on any atom is -0.332 e. The molecule has 2 amide bonds. The molecule has 1 heterocycles. The largest absolute Gasteiger partial charge is 0.332 e. The van der Waals surface area contributed by atoms with E-state index in [0.29, 0.717) is 12.1 Å². The highest BCUT2D eigenvalue weighted by Crippen LogP contribution is 2.20. The lowest BCUT2D eigenvalue weighted by atomic mass is 10.1. The fourth-order valence-electron chi connectivity index (χ4n) is 2.53. The second-order valence-electron chi connectivity index (χ2n) is 5.24. The topological polar surface area (TPSA) is 40.6 Å². The first-order chi connectivity index (χ1) is 9.92. The van der Waals surface area contributed by atoms with Gasteiger partial charge in [0.1, 0.15) is 11.9 Å². The van der Waals surface area contributed by atoms with Crippen LogP contribution in [-0.2, 0) is 16.1 Å². The lowest BCUT2D eigenvalue weighted by Gasteiger charge is -2.38. The summed E-state index contributed by atoms with van der Waals surface area (Å²) in [5.74, 6) is -0.650. The van der Waals surface area contributed by atoms with Crippen molar-refractivity contribution in [3.63, 3.8) is 0 Å². The molecule has 21 heavy (non-hydrogen) atoms. The molecular formula is C15H18ClFN2O2. The number of benzene rings is 1. The maximum atomic E-state index is 13.4. The molecule has 114 valence electrons. The van der Waals surface area contributed by atoms with Crippen LogP contribution < -0.4 is 0 Å². The van der Waals surface area contributed by atoms with E-state index in [1.165, 1.54) is 17.0 Å². The normalized spacial score (nSPS) is 19.3. The van der Waals surface area contributed by atoms with Gasteiger partial charge in [0.15, 0.2) is 0 Å². The number of carbonyl (C=O) groups excluding carboxylic acids is 2. The van der Waals surface area contributed by atoms with E-state index in [0.717, 1.165) is 6.42 Å². The van der Waals surface area contributed by atoms with Crippen molar-refractivity contribution in [2.24, 2.45) is 0 Å². The summed E-state index contributed by atoms with van der Waals surface area (Å²) >= 11 is 5.82. The average Bonchev–Trinajstić information content (AvgIpc) is 2.40. The number of nitrogens with zero attached hydrogens (tertiary/aromatic N) is 2. The molecular weight excluding hydrogens is 295 g/mol. The molecule has 1 aliphatic rings. The molecule has 1 aliphatic heterocycles. The Bertz CT molecular complexity index is 544. The first-order valence-corrected chi connectivity index (χ1v) is 7.33. The van der Waals surface area contributed by atoms with Crippen molar-refractivity contribution < 1.29 is 14.0 Å². The van der Waals surface area contributed by atoms with Crippen molar-refractivity contribution >= 4 is 23.4 Å². The number of halogens is 2. The third-order valence-corrected chi connectivity index (χ3v) is 3.77. The molecule has 1 aromatic carbocycles. The summed E-state index contributed by atoms with van der Waals surface area (Å²) < 4.78 is 13.4. The predicted molar refractivity (Wildman–Crippen MR) is 78.3 cm³/mol. The summed E-state index contributed by atoms with van der Waals surface area (Å²) in [6.45, 7) is 4.50. The molecule has 0 saturated carbocycles. The van der Waals surface area contributed by atoms with E-state index in [1.54, 1.807) is 17.9 Å². The van der Waals surface area contributed by atoms with Gasteiger partial charge in [0.2, 0.25) is 11.8 Å². The number of carbonyl (C=O) groups is 2. The second-order valence-corrected chi connectivity index (χ2v) is 5.67. The van der Waals surface area contributed by atoms with Crippen LogP contribution >= 0.6 is 11.6 Å². The SMILES string of the molecule is CCCN1CC(=O)N(Cc2cc(F)cc(Cl)c2)[C@@H](C)C1=O. The zero-order chi connectivity index (χ0) is 15.6. The van der Waals surface area contributed by atoms with Crippen LogP contribution in [0.1, 0.15) is 25.8 Å². The molecule has 0 unspecified atom stereocenters. The van der Waals surface area contributed by atoms with Crippen LogP contribution in [0.4, 0.5) is 4.39 Å². The van der Waals surface area contributed by atoms with E-state index in [2.05, 4.69) is 0 Å². The molecule has 0 spiro atoms. The van der Waals surface area contributed by atoms with Crippen LogP contribution in [0, 0.1) is 5.82 Å². The van der Waals surface area contributed by atoms with Gasteiger partial charge >= 0.3 is 0 Å². The Morgan fingerprint density at radius 1 is 1.33 bits per heavy atom. The Balaban J connectivity index is 2.16. The summed E-state index contributed by atoms with van der Waals surface area (Å²) in [6.07, 6.45) is 0.811. The van der Waals surface area contributed by atoms with Crippen molar-refractivity contribution in [1.82, 2.24) is 9.80 Å². The number of amides is 2. The van der Waals surface area contributed by atoms with E-state index in [4.69, 9.17) is 11.6 Å². The van der Waals surface area contributed by atoms with Crippen LogP contribution in [0.15, 0.2) is 18.2 Å². The van der Waals surface area contributed by atoms with Gasteiger partial charge in [-0.15, -0.1) is 0 Å². The summed E-state index contributed by atoms with van der Waals surface area (Å²) in [4.78, 5) is 27.5. The van der Waals surface area contributed by atoms with Crippen LogP contribution in [0.5, 0.6) is 0 Å². The Hall–Kier alpha value is -1.62. The number of piperazine rings is 1. The first kappa shape index (κ1) is 15.8. The van der Waals surface area contributed by atoms with Gasteiger partial charge in [-0.2, -0.15) is 0 Å². The highest BCUT2D eigenvalue weighted by atomic mass is 35.5. The molecule has 0 radical (unpaired) electrons. The van der Waals surface area contributed by atoms with Crippen molar-refractivity contribution in [3.8, 4) is 0 Å². The monoisotopic (exact) mass is 312 g/mol. The predicted octanol–water partition coefficient (Wildman–Crippen LogP) is 2.45. The zero-order valence-corrected chi connectivity index (χ0v) is 12.9. The van der Waals surface area contributed by atoms with E-state index in [-0.39, 0.29) is 29.9 Å². The maximum absolute atomic E-state index is 13.4. The Morgan fingerprint density at radius 2 is 2.05 bits per heavy atom. The summed E-state index contributed by atoms with van der Waals surface area (Å²) in [6, 6.07) is 3.60. The van der Waals surface area contributed by atoms with Crippen molar-refractivity contribution in [3.05, 3.63) is 34.6 Å². The maximum Gasteiger partial charge on any atom is 0.245 e. The highest BCUT2D eigenvalue weighted by Gasteiger charge is 2.35. The molecule has 1 atom stereocenters. The molecule has 1 saturated heterocycles. The van der Waals surface area contributed by atoms with Crippen molar-refractivity contribution in [1.29, 1.82) is 0 Å². The minimum absolute atomic E-state index is 0.0704. The minimum atomic E-state index is -0.542. The van der Waals surface area contributed by atoms with Crippen LogP contribution in [0.2, 0.25) is 5.02 Å². The third-order valence-electron chi connectivity index (χ3n) is 3.55. The van der Waals surface area contributed by atoms with E-state index >= 15 is 0 Å². The summed E-state index contributed by atoms with van der Waals surface area (Å²) in [5, 5.41) is 0.279. The molecule has 0 N–H and O–H groups in total. The van der Waals surface area contributed by atoms with E-state index in [9.17, 15) is 14.0 Å². The summed E-state index contributed by atoms with van der Waals surface area (Å²) in [7, 11) is 0. The van der Waals surface area contributed by atoms with Crippen LogP contribution in [-0.4, -0.2) is 40.7 Å². The number of rotatable bonds is 4. The molecule has 0 bridgehead atoms. The molecule has 0 aliphatic carbocycles. The zero-order valence-electron chi connectivity index (χ0n) is 12.1. The number of hydrogen-bond donors (Lipinski definition) is 0. The molecule has 0 aromatic heterocycles. The average molecular weight is 313 g/mol. The van der Waals surface area contributed by atoms with Gasteiger partial charge < -0.3 is 9.80 Å². The fourth-order valence-corrected chi connectivity index (χ4v) is 2.77. The summed E-state index contributed by atoms with van der Waals surface area (Å²) in [5.41, 5.74) is 0.581. The van der Waals surface area contributed by atoms with Crippen molar-refractivity contribution in [2.45, 2.75) is 32.9 Å². The van der Waals surface area contributed by atoms with Gasteiger partial charge in [-0.05, 0) is 37.1 Å². The van der Waals surface area contributed by atoms with Gasteiger partial charge in [0.05, 0.1) is 6.54 Å². The Morgan fingerprint density at radius 3 is 2.67 bits per heavy atom. The van der Waals surface area contributed by atoms with Crippen LogP contribution in [0.3, 0.4) is 0 Å². The first-order valence-electron chi connectivity index (χ1n) is 6.95. The molecule has 1 fully saturated rings. The lowest BCUT2D eigenvalue weighted by molar-refractivity contribution is -0.155. The number of hydrogen-bond acceptors (Lipinski definition) is 2. The quantitative estimate of drug-likeness (QED) is 0.857. The molecule has 1 aromatic rings. The fraction of sp³-hybridized carbons (Fsp3) is 0.467. The smallest absolute Gasteiger partial charge is 0.245 e. The van der Waals surface area contributed by atoms with Gasteiger partial charge in [0.25, 0.3) is 0 Å². The molecule has 6 heteroatoms. The molecule has 4 nitrogen and oxygen atoms in total. The van der Waals surface area contributed by atoms with Gasteiger partial charge in [-0.1, -0.05) is 18.5 Å². The van der Waals surface area contributed by atoms with E-state index < -0.39 is 11.9 Å². The van der Waals surface area contributed by atoms with Crippen LogP contribution in [0.25, 0.3) is 0 Å². The second kappa shape index (κ2) is 6.43. The van der Waals surface area contributed by atoms with Gasteiger partial charge in [-0.3, -0.25) is 9.59 Å². The highest BCUT2D eigenvalue weighted by molar-refractivity contribution is 6.30. The Labute approximate surface area is 128 Å². The van der Waals surface area contributed by atoms with Gasteiger partial charge in [0, 0.05) is 18.1 Å². The van der Waals surface area contributed by atoms with E-state index in [1.807, 2.05) is 6.92 Å². The lowest BCUT2D eigenvalue weighted by Crippen LogP contribution is -2.58.